The molecule has 0 radical (unpaired) electrons. The highest BCUT2D eigenvalue weighted by molar-refractivity contribution is 5.84. The highest BCUT2D eigenvalue weighted by atomic mass is 19.1. The van der Waals surface area contributed by atoms with Crippen molar-refractivity contribution in [2.45, 2.75) is 19.9 Å². The van der Waals surface area contributed by atoms with Crippen LogP contribution >= 0.6 is 0 Å². The van der Waals surface area contributed by atoms with E-state index < -0.39 is 11.9 Å². The zero-order chi connectivity index (χ0) is 12.8. The Morgan fingerprint density at radius 3 is 2.88 bits per heavy atom. The first kappa shape index (κ1) is 13.0. The summed E-state index contributed by atoms with van der Waals surface area (Å²) >= 11 is 0. The number of anilines is 1. The van der Waals surface area contributed by atoms with Crippen LogP contribution in [0.5, 0.6) is 0 Å². The number of carbonyl (C=O) groups excluding carboxylic acids is 1. The predicted molar refractivity (Wildman–Crippen MR) is 62.9 cm³/mol. The molecular formula is C12H14FN3O. The van der Waals surface area contributed by atoms with Crippen molar-refractivity contribution in [2.24, 2.45) is 0 Å². The number of rotatable bonds is 4. The lowest BCUT2D eigenvalue weighted by molar-refractivity contribution is -0.121. The number of likely N-dealkylation sites (N-methyl/N-ethyl adjacent to an activating group) is 1. The molecule has 90 valence electrons. The zero-order valence-electron chi connectivity index (χ0n) is 9.75. The molecule has 0 spiro atoms. The van der Waals surface area contributed by atoms with E-state index in [-0.39, 0.29) is 11.5 Å². The maximum atomic E-state index is 13.3. The van der Waals surface area contributed by atoms with Crippen LogP contribution in [0.4, 0.5) is 10.1 Å². The smallest absolute Gasteiger partial charge is 0.242 e. The van der Waals surface area contributed by atoms with Gasteiger partial charge in [-0.3, -0.25) is 4.79 Å². The van der Waals surface area contributed by atoms with Gasteiger partial charge in [0.15, 0.2) is 0 Å². The average Bonchev–Trinajstić information content (AvgIpc) is 2.29. The molecule has 0 saturated carbocycles. The molecule has 1 aromatic rings. The lowest BCUT2D eigenvalue weighted by atomic mass is 10.1. The predicted octanol–water partition coefficient (Wildman–Crippen LogP) is 1.63. The first-order chi connectivity index (χ1) is 8.10. The Balaban J connectivity index is 2.86. The molecule has 0 aromatic heterocycles. The number of carbonyl (C=O) groups is 1. The van der Waals surface area contributed by atoms with Crippen LogP contribution in [-0.2, 0) is 4.79 Å². The van der Waals surface area contributed by atoms with Gasteiger partial charge in [0.1, 0.15) is 23.5 Å². The standard InChI is InChI=1S/C12H14FN3O/c1-3-15-12(17)8(2)16-11-6-4-5-10(13)9(11)7-14/h4-6,8,16H,3H2,1-2H3,(H,15,17)/t8-/m1/s1. The second-order valence-corrected chi connectivity index (χ2v) is 3.53. The molecule has 4 nitrogen and oxygen atoms in total. The van der Waals surface area contributed by atoms with Gasteiger partial charge in [-0.15, -0.1) is 0 Å². The fraction of sp³-hybridized carbons (Fsp3) is 0.333. The van der Waals surface area contributed by atoms with Crippen LogP contribution in [0.2, 0.25) is 0 Å². The quantitative estimate of drug-likeness (QED) is 0.833. The highest BCUT2D eigenvalue weighted by Crippen LogP contribution is 2.18. The fourth-order valence-electron chi connectivity index (χ4n) is 1.38. The lowest BCUT2D eigenvalue weighted by Crippen LogP contribution is -2.37. The third kappa shape index (κ3) is 3.18. The number of benzene rings is 1. The van der Waals surface area contributed by atoms with Crippen molar-refractivity contribution in [1.82, 2.24) is 5.32 Å². The van der Waals surface area contributed by atoms with Gasteiger partial charge in [0.25, 0.3) is 0 Å². The summed E-state index contributed by atoms with van der Waals surface area (Å²) in [4.78, 5) is 11.5. The van der Waals surface area contributed by atoms with E-state index in [0.29, 0.717) is 12.2 Å². The van der Waals surface area contributed by atoms with Crippen molar-refractivity contribution < 1.29 is 9.18 Å². The van der Waals surface area contributed by atoms with Gasteiger partial charge in [0, 0.05) is 6.54 Å². The molecule has 0 aliphatic carbocycles. The summed E-state index contributed by atoms with van der Waals surface area (Å²) in [5.74, 6) is -0.791. The Kier molecular flexibility index (Phi) is 4.46. The third-order valence-electron chi connectivity index (χ3n) is 2.24. The van der Waals surface area contributed by atoms with Gasteiger partial charge >= 0.3 is 0 Å². The molecule has 2 N–H and O–H groups in total. The van der Waals surface area contributed by atoms with Crippen molar-refractivity contribution in [3.63, 3.8) is 0 Å². The van der Waals surface area contributed by atoms with Gasteiger partial charge in [-0.2, -0.15) is 5.26 Å². The van der Waals surface area contributed by atoms with E-state index in [0.717, 1.165) is 0 Å². The summed E-state index contributed by atoms with van der Waals surface area (Å²) in [6.45, 7) is 3.99. The molecule has 0 saturated heterocycles. The number of hydrogen-bond acceptors (Lipinski definition) is 3. The Morgan fingerprint density at radius 1 is 1.59 bits per heavy atom. The van der Waals surface area contributed by atoms with Crippen LogP contribution in [0.1, 0.15) is 19.4 Å². The van der Waals surface area contributed by atoms with Crippen LogP contribution in [-0.4, -0.2) is 18.5 Å². The van der Waals surface area contributed by atoms with Gasteiger partial charge in [0.2, 0.25) is 5.91 Å². The Hall–Kier alpha value is -2.09. The number of nitriles is 1. The summed E-state index contributed by atoms with van der Waals surface area (Å²) in [5.41, 5.74) is 0.245. The summed E-state index contributed by atoms with van der Waals surface area (Å²) in [6, 6.07) is 5.51. The lowest BCUT2D eigenvalue weighted by Gasteiger charge is -2.15. The van der Waals surface area contributed by atoms with E-state index >= 15 is 0 Å². The van der Waals surface area contributed by atoms with E-state index in [2.05, 4.69) is 10.6 Å². The Labute approximate surface area is 99.4 Å². The molecular weight excluding hydrogens is 221 g/mol. The summed E-state index contributed by atoms with van der Waals surface area (Å²) in [7, 11) is 0. The SMILES string of the molecule is CCNC(=O)[C@@H](C)Nc1cccc(F)c1C#N. The molecule has 0 heterocycles. The van der Waals surface area contributed by atoms with Crippen molar-refractivity contribution in [2.75, 3.05) is 11.9 Å². The molecule has 0 aliphatic rings. The summed E-state index contributed by atoms with van der Waals surface area (Å²) in [6.07, 6.45) is 0. The summed E-state index contributed by atoms with van der Waals surface area (Å²) < 4.78 is 13.3. The van der Waals surface area contributed by atoms with Crippen LogP contribution in [0.25, 0.3) is 0 Å². The van der Waals surface area contributed by atoms with Crippen LogP contribution in [0.3, 0.4) is 0 Å². The Morgan fingerprint density at radius 2 is 2.29 bits per heavy atom. The van der Waals surface area contributed by atoms with Crippen LogP contribution in [0, 0.1) is 17.1 Å². The molecule has 1 aromatic carbocycles. The number of halogens is 1. The van der Waals surface area contributed by atoms with Gasteiger partial charge < -0.3 is 10.6 Å². The first-order valence-electron chi connectivity index (χ1n) is 5.33. The normalized spacial score (nSPS) is 11.4. The van der Waals surface area contributed by atoms with Gasteiger partial charge in [-0.25, -0.2) is 4.39 Å². The third-order valence-corrected chi connectivity index (χ3v) is 2.24. The zero-order valence-corrected chi connectivity index (χ0v) is 9.75. The maximum Gasteiger partial charge on any atom is 0.242 e. The summed E-state index contributed by atoms with van der Waals surface area (Å²) in [5, 5.41) is 14.3. The topological polar surface area (TPSA) is 64.9 Å². The van der Waals surface area contributed by atoms with Crippen molar-refractivity contribution in [1.29, 1.82) is 5.26 Å². The van der Waals surface area contributed by atoms with Crippen molar-refractivity contribution >= 4 is 11.6 Å². The van der Waals surface area contributed by atoms with E-state index in [1.807, 2.05) is 6.92 Å². The Bertz CT molecular complexity index is 454. The van der Waals surface area contributed by atoms with Gasteiger partial charge in [-0.1, -0.05) is 6.07 Å². The molecule has 1 atom stereocenters. The largest absolute Gasteiger partial charge is 0.373 e. The van der Waals surface area contributed by atoms with Gasteiger partial charge in [-0.05, 0) is 26.0 Å². The van der Waals surface area contributed by atoms with E-state index in [9.17, 15) is 9.18 Å². The minimum Gasteiger partial charge on any atom is -0.373 e. The highest BCUT2D eigenvalue weighted by Gasteiger charge is 2.14. The number of nitrogens with zero attached hydrogens (tertiary/aromatic N) is 1. The number of amides is 1. The number of hydrogen-bond donors (Lipinski definition) is 2. The second kappa shape index (κ2) is 5.85. The average molecular weight is 235 g/mol. The minimum atomic E-state index is -0.597. The first-order valence-corrected chi connectivity index (χ1v) is 5.33. The maximum absolute atomic E-state index is 13.3. The van der Waals surface area contributed by atoms with Crippen LogP contribution < -0.4 is 10.6 Å². The number of nitrogens with one attached hydrogen (secondary N) is 2. The van der Waals surface area contributed by atoms with E-state index in [4.69, 9.17) is 5.26 Å². The molecule has 0 bridgehead atoms. The van der Waals surface area contributed by atoms with Crippen LogP contribution in [0.15, 0.2) is 18.2 Å². The second-order valence-electron chi connectivity index (χ2n) is 3.53. The van der Waals surface area contributed by atoms with E-state index in [1.54, 1.807) is 19.1 Å². The van der Waals surface area contributed by atoms with Gasteiger partial charge in [0.05, 0.1) is 5.69 Å². The van der Waals surface area contributed by atoms with Crippen molar-refractivity contribution in [3.8, 4) is 6.07 Å². The molecule has 0 fully saturated rings. The minimum absolute atomic E-state index is 0.0800. The molecule has 17 heavy (non-hydrogen) atoms. The van der Waals surface area contributed by atoms with Crippen molar-refractivity contribution in [3.05, 3.63) is 29.6 Å². The molecule has 0 aliphatic heterocycles. The van der Waals surface area contributed by atoms with E-state index in [1.165, 1.54) is 12.1 Å². The molecule has 1 amide bonds. The molecule has 0 unspecified atom stereocenters. The fourth-order valence-corrected chi connectivity index (χ4v) is 1.38. The monoisotopic (exact) mass is 235 g/mol. The molecule has 5 heteroatoms. The molecule has 1 rings (SSSR count).